The van der Waals surface area contributed by atoms with Crippen molar-refractivity contribution < 1.29 is 4.74 Å². The molecule has 0 aliphatic rings. The van der Waals surface area contributed by atoms with Crippen molar-refractivity contribution in [2.24, 2.45) is 0 Å². The van der Waals surface area contributed by atoms with Crippen molar-refractivity contribution in [3.8, 4) is 11.5 Å². The summed E-state index contributed by atoms with van der Waals surface area (Å²) in [5, 5.41) is 3.43. The lowest BCUT2D eigenvalue weighted by molar-refractivity contribution is 0.459. The van der Waals surface area contributed by atoms with E-state index in [-0.39, 0.29) is 6.04 Å². The molecular formula is C17H19Br2NO. The molecule has 0 saturated heterocycles. The SMILES string of the molecule is CCNC(C)c1cc(Br)ccc1Oc1ccc(Br)cc1C. The van der Waals surface area contributed by atoms with Crippen molar-refractivity contribution in [2.75, 3.05) is 6.54 Å². The van der Waals surface area contributed by atoms with E-state index in [1.165, 1.54) is 0 Å². The average Bonchev–Trinajstić information content (AvgIpc) is 2.43. The third-order valence-corrected chi connectivity index (χ3v) is 4.29. The zero-order valence-corrected chi connectivity index (χ0v) is 15.6. The predicted molar refractivity (Wildman–Crippen MR) is 95.2 cm³/mol. The molecule has 21 heavy (non-hydrogen) atoms. The van der Waals surface area contributed by atoms with E-state index in [4.69, 9.17) is 4.74 Å². The highest BCUT2D eigenvalue weighted by atomic mass is 79.9. The Bertz CT molecular complexity index is 628. The standard InChI is InChI=1S/C17H19Br2NO/c1-4-20-12(3)15-10-14(19)6-8-17(15)21-16-7-5-13(18)9-11(16)2/h5-10,12,20H,4H2,1-3H3. The molecule has 0 amide bonds. The maximum absolute atomic E-state index is 6.14. The summed E-state index contributed by atoms with van der Waals surface area (Å²) in [5.74, 6) is 1.77. The van der Waals surface area contributed by atoms with Crippen LogP contribution in [-0.2, 0) is 0 Å². The van der Waals surface area contributed by atoms with Crippen LogP contribution in [0.25, 0.3) is 0 Å². The fourth-order valence-corrected chi connectivity index (χ4v) is 3.07. The van der Waals surface area contributed by atoms with Gasteiger partial charge in [0.05, 0.1) is 0 Å². The van der Waals surface area contributed by atoms with Crippen LogP contribution in [0, 0.1) is 6.92 Å². The van der Waals surface area contributed by atoms with Gasteiger partial charge in [0.15, 0.2) is 0 Å². The maximum atomic E-state index is 6.14. The van der Waals surface area contributed by atoms with Gasteiger partial charge in [-0.1, -0.05) is 38.8 Å². The highest BCUT2D eigenvalue weighted by molar-refractivity contribution is 9.10. The third kappa shape index (κ3) is 4.31. The van der Waals surface area contributed by atoms with Gasteiger partial charge in [-0.15, -0.1) is 0 Å². The van der Waals surface area contributed by atoms with Gasteiger partial charge in [-0.2, -0.15) is 0 Å². The van der Waals surface area contributed by atoms with Crippen LogP contribution in [0.15, 0.2) is 45.3 Å². The summed E-state index contributed by atoms with van der Waals surface area (Å²) in [7, 11) is 0. The van der Waals surface area contributed by atoms with Crippen LogP contribution in [0.4, 0.5) is 0 Å². The Kier molecular flexibility index (Phi) is 5.85. The molecule has 0 aliphatic carbocycles. The largest absolute Gasteiger partial charge is 0.457 e. The van der Waals surface area contributed by atoms with Gasteiger partial charge < -0.3 is 10.1 Å². The minimum Gasteiger partial charge on any atom is -0.457 e. The minimum atomic E-state index is 0.234. The molecule has 2 aromatic rings. The zero-order chi connectivity index (χ0) is 15.4. The Balaban J connectivity index is 2.34. The second kappa shape index (κ2) is 7.43. The number of hydrogen-bond acceptors (Lipinski definition) is 2. The lowest BCUT2D eigenvalue weighted by Crippen LogP contribution is -2.18. The molecule has 2 rings (SSSR count). The summed E-state index contributed by atoms with van der Waals surface area (Å²) in [6.07, 6.45) is 0. The summed E-state index contributed by atoms with van der Waals surface area (Å²) in [6.45, 7) is 7.22. The second-order valence-corrected chi connectivity index (χ2v) is 6.80. The van der Waals surface area contributed by atoms with Gasteiger partial charge in [-0.25, -0.2) is 0 Å². The number of halogens is 2. The molecule has 0 bridgehead atoms. The van der Waals surface area contributed by atoms with Crippen molar-refractivity contribution in [1.29, 1.82) is 0 Å². The first-order chi connectivity index (χ1) is 10.0. The monoisotopic (exact) mass is 411 g/mol. The quantitative estimate of drug-likeness (QED) is 0.651. The van der Waals surface area contributed by atoms with E-state index in [1.54, 1.807) is 0 Å². The molecule has 0 spiro atoms. The van der Waals surface area contributed by atoms with E-state index in [0.717, 1.165) is 38.1 Å². The highest BCUT2D eigenvalue weighted by Crippen LogP contribution is 2.34. The van der Waals surface area contributed by atoms with Crippen LogP contribution < -0.4 is 10.1 Å². The van der Waals surface area contributed by atoms with Gasteiger partial charge in [0, 0.05) is 20.6 Å². The lowest BCUT2D eigenvalue weighted by Gasteiger charge is -2.19. The summed E-state index contributed by atoms with van der Waals surface area (Å²) < 4.78 is 8.25. The smallest absolute Gasteiger partial charge is 0.132 e. The Labute approximate surface area is 143 Å². The molecule has 1 unspecified atom stereocenters. The van der Waals surface area contributed by atoms with E-state index in [0.29, 0.717) is 0 Å². The normalized spacial score (nSPS) is 12.2. The summed E-state index contributed by atoms with van der Waals surface area (Å²) in [4.78, 5) is 0. The molecule has 1 atom stereocenters. The van der Waals surface area contributed by atoms with Crippen LogP contribution in [0.3, 0.4) is 0 Å². The molecule has 0 aliphatic heterocycles. The fourth-order valence-electron chi connectivity index (χ4n) is 2.21. The number of aryl methyl sites for hydroxylation is 1. The summed E-state index contributed by atoms with van der Waals surface area (Å²) >= 11 is 7.01. The van der Waals surface area contributed by atoms with Crippen molar-refractivity contribution in [3.63, 3.8) is 0 Å². The number of ether oxygens (including phenoxy) is 1. The summed E-state index contributed by atoms with van der Waals surface area (Å²) in [6, 6.07) is 12.4. The Morgan fingerprint density at radius 2 is 1.67 bits per heavy atom. The molecule has 2 nitrogen and oxygen atoms in total. The average molecular weight is 413 g/mol. The van der Waals surface area contributed by atoms with Crippen LogP contribution in [0.1, 0.15) is 31.0 Å². The molecule has 2 aromatic carbocycles. The van der Waals surface area contributed by atoms with E-state index in [2.05, 4.69) is 63.2 Å². The predicted octanol–water partition coefficient (Wildman–Crippen LogP) is 5.98. The van der Waals surface area contributed by atoms with E-state index >= 15 is 0 Å². The Morgan fingerprint density at radius 3 is 2.29 bits per heavy atom. The second-order valence-electron chi connectivity index (χ2n) is 4.97. The van der Waals surface area contributed by atoms with Crippen LogP contribution >= 0.6 is 31.9 Å². The van der Waals surface area contributed by atoms with E-state index in [1.807, 2.05) is 31.2 Å². The lowest BCUT2D eigenvalue weighted by atomic mass is 10.1. The number of nitrogens with one attached hydrogen (secondary N) is 1. The van der Waals surface area contributed by atoms with Gasteiger partial charge in [-0.3, -0.25) is 0 Å². The molecule has 0 aromatic heterocycles. The van der Waals surface area contributed by atoms with Gasteiger partial charge in [0.25, 0.3) is 0 Å². The minimum absolute atomic E-state index is 0.234. The molecule has 0 radical (unpaired) electrons. The van der Waals surface area contributed by atoms with E-state index < -0.39 is 0 Å². The molecular weight excluding hydrogens is 394 g/mol. The van der Waals surface area contributed by atoms with Gasteiger partial charge in [0.1, 0.15) is 11.5 Å². The molecule has 0 saturated carbocycles. The third-order valence-electron chi connectivity index (χ3n) is 3.31. The first kappa shape index (κ1) is 16.5. The molecule has 1 N–H and O–H groups in total. The number of benzene rings is 2. The molecule has 4 heteroatoms. The van der Waals surface area contributed by atoms with E-state index in [9.17, 15) is 0 Å². The topological polar surface area (TPSA) is 21.3 Å². The molecule has 0 heterocycles. The first-order valence-corrected chi connectivity index (χ1v) is 8.56. The fraction of sp³-hybridized carbons (Fsp3) is 0.294. The first-order valence-electron chi connectivity index (χ1n) is 6.98. The molecule has 112 valence electrons. The van der Waals surface area contributed by atoms with Gasteiger partial charge in [-0.05, 0) is 62.4 Å². The highest BCUT2D eigenvalue weighted by Gasteiger charge is 2.13. The van der Waals surface area contributed by atoms with Crippen molar-refractivity contribution in [1.82, 2.24) is 5.32 Å². The Morgan fingerprint density at radius 1 is 1.05 bits per heavy atom. The Hall–Kier alpha value is -0.840. The van der Waals surface area contributed by atoms with Crippen LogP contribution in [-0.4, -0.2) is 6.54 Å². The van der Waals surface area contributed by atoms with Crippen molar-refractivity contribution >= 4 is 31.9 Å². The van der Waals surface area contributed by atoms with Gasteiger partial charge in [0.2, 0.25) is 0 Å². The molecule has 0 fully saturated rings. The van der Waals surface area contributed by atoms with Gasteiger partial charge >= 0.3 is 0 Å². The summed E-state index contributed by atoms with van der Waals surface area (Å²) in [5.41, 5.74) is 2.25. The van der Waals surface area contributed by atoms with Crippen molar-refractivity contribution in [3.05, 3.63) is 56.5 Å². The number of hydrogen-bond donors (Lipinski definition) is 1. The van der Waals surface area contributed by atoms with Crippen LogP contribution in [0.5, 0.6) is 11.5 Å². The van der Waals surface area contributed by atoms with Crippen molar-refractivity contribution in [2.45, 2.75) is 26.8 Å². The zero-order valence-electron chi connectivity index (χ0n) is 12.4. The maximum Gasteiger partial charge on any atom is 0.132 e. The number of rotatable bonds is 5. The van der Waals surface area contributed by atoms with Crippen LogP contribution in [0.2, 0.25) is 0 Å².